The van der Waals surface area contributed by atoms with Crippen LogP contribution in [0.4, 0.5) is 0 Å². The minimum absolute atomic E-state index is 0.538. The zero-order valence-corrected chi connectivity index (χ0v) is 13.9. The van der Waals surface area contributed by atoms with Crippen LogP contribution in [-0.2, 0) is 0 Å². The van der Waals surface area contributed by atoms with E-state index >= 15 is 0 Å². The normalized spacial score (nSPS) is 13.1. The van der Waals surface area contributed by atoms with Crippen LogP contribution in [0.1, 0.15) is 92.9 Å². The molecular formula is C16H34S. The summed E-state index contributed by atoms with van der Waals surface area (Å²) in [6.45, 7) is 14.2. The van der Waals surface area contributed by atoms with Gasteiger partial charge < -0.3 is 0 Å². The summed E-state index contributed by atoms with van der Waals surface area (Å²) in [7, 11) is 0. The number of rotatable bonds is 10. The average Bonchev–Trinajstić information content (AvgIpc) is 2.37. The summed E-state index contributed by atoms with van der Waals surface area (Å²) in [6.07, 6.45) is 10.7. The molecule has 0 atom stereocenters. The molecule has 0 nitrogen and oxygen atoms in total. The summed E-state index contributed by atoms with van der Waals surface area (Å²) in [4.78, 5) is 0. The van der Waals surface area contributed by atoms with E-state index in [9.17, 15) is 0 Å². The van der Waals surface area contributed by atoms with Crippen LogP contribution >= 0.6 is 11.8 Å². The van der Waals surface area contributed by atoms with Crippen LogP contribution in [0.5, 0.6) is 0 Å². The predicted octanol–water partition coefficient (Wildman–Crippen LogP) is 6.44. The van der Waals surface area contributed by atoms with Crippen LogP contribution in [0, 0.1) is 0 Å². The fraction of sp³-hybridized carbons (Fsp3) is 1.00. The van der Waals surface area contributed by atoms with Gasteiger partial charge in [0, 0.05) is 9.49 Å². The molecule has 0 spiro atoms. The first-order chi connectivity index (χ1) is 8.07. The molecule has 0 N–H and O–H groups in total. The van der Waals surface area contributed by atoms with E-state index < -0.39 is 0 Å². The Bertz CT molecular complexity index is 158. The fourth-order valence-corrected chi connectivity index (χ4v) is 5.08. The first kappa shape index (κ1) is 17.4. The predicted molar refractivity (Wildman–Crippen MR) is 84.0 cm³/mol. The molecule has 0 aromatic carbocycles. The highest BCUT2D eigenvalue weighted by Gasteiger charge is 2.36. The maximum absolute atomic E-state index is 2.38. The average molecular weight is 259 g/mol. The van der Waals surface area contributed by atoms with Crippen molar-refractivity contribution in [2.45, 2.75) is 102 Å². The lowest BCUT2D eigenvalue weighted by Gasteiger charge is -2.42. The molecule has 0 unspecified atom stereocenters. The van der Waals surface area contributed by atoms with E-state index in [1.54, 1.807) is 0 Å². The highest BCUT2D eigenvalue weighted by Crippen LogP contribution is 2.49. The maximum atomic E-state index is 2.38. The highest BCUT2D eigenvalue weighted by molar-refractivity contribution is 8.02. The minimum Gasteiger partial charge on any atom is -0.148 e. The van der Waals surface area contributed by atoms with E-state index in [0.717, 1.165) is 0 Å². The molecule has 0 aliphatic heterocycles. The second-order valence-corrected chi connectivity index (χ2v) is 7.32. The Labute approximate surface area is 114 Å². The van der Waals surface area contributed by atoms with Gasteiger partial charge in [-0.2, -0.15) is 0 Å². The molecule has 0 fully saturated rings. The van der Waals surface area contributed by atoms with Crippen molar-refractivity contribution in [3.8, 4) is 0 Å². The number of hydrogen-bond donors (Lipinski definition) is 0. The number of hydrogen-bond acceptors (Lipinski definition) is 1. The molecule has 0 aromatic rings. The summed E-state index contributed by atoms with van der Waals surface area (Å²) in [6, 6.07) is 0. The lowest BCUT2D eigenvalue weighted by atomic mass is 9.95. The van der Waals surface area contributed by atoms with E-state index in [4.69, 9.17) is 0 Å². The van der Waals surface area contributed by atoms with Crippen molar-refractivity contribution in [3.05, 3.63) is 0 Å². The van der Waals surface area contributed by atoms with Crippen molar-refractivity contribution >= 4 is 11.8 Å². The van der Waals surface area contributed by atoms with E-state index in [-0.39, 0.29) is 0 Å². The first-order valence-corrected chi connectivity index (χ1v) is 8.59. The Hall–Kier alpha value is 0.350. The van der Waals surface area contributed by atoms with Crippen molar-refractivity contribution in [3.63, 3.8) is 0 Å². The van der Waals surface area contributed by atoms with Crippen molar-refractivity contribution in [2.75, 3.05) is 0 Å². The molecule has 0 amide bonds. The monoisotopic (exact) mass is 258 g/mol. The lowest BCUT2D eigenvalue weighted by Crippen LogP contribution is -2.34. The van der Waals surface area contributed by atoms with Crippen LogP contribution in [0.2, 0.25) is 0 Å². The molecule has 0 aromatic heterocycles. The minimum atomic E-state index is 0.538. The summed E-state index contributed by atoms with van der Waals surface area (Å²) in [5, 5.41) is 0. The van der Waals surface area contributed by atoms with E-state index in [1.807, 2.05) is 0 Å². The maximum Gasteiger partial charge on any atom is 0.0160 e. The SMILES string of the molecule is CCCC(CC)(CC)SC(CC)(CC)CCC. The molecular weight excluding hydrogens is 224 g/mol. The molecule has 0 bridgehead atoms. The second-order valence-electron chi connectivity index (χ2n) is 5.38. The van der Waals surface area contributed by atoms with Crippen LogP contribution in [-0.4, -0.2) is 9.49 Å². The van der Waals surface area contributed by atoms with Crippen LogP contribution < -0.4 is 0 Å². The third kappa shape index (κ3) is 4.85. The standard InChI is InChI=1S/C16H34S/c1-7-13-15(9-3,10-4)17-16(11-5,12-6)14-8-2/h7-14H2,1-6H3. The molecule has 17 heavy (non-hydrogen) atoms. The van der Waals surface area contributed by atoms with Gasteiger partial charge >= 0.3 is 0 Å². The Balaban J connectivity index is 4.89. The topological polar surface area (TPSA) is 0 Å². The highest BCUT2D eigenvalue weighted by atomic mass is 32.2. The molecule has 0 heterocycles. The molecule has 1 heteroatoms. The van der Waals surface area contributed by atoms with Gasteiger partial charge in [0.1, 0.15) is 0 Å². The van der Waals surface area contributed by atoms with Crippen molar-refractivity contribution in [2.24, 2.45) is 0 Å². The third-order valence-corrected chi connectivity index (χ3v) is 6.85. The summed E-state index contributed by atoms with van der Waals surface area (Å²) in [5.41, 5.74) is 0. The summed E-state index contributed by atoms with van der Waals surface area (Å²) >= 11 is 2.33. The molecule has 104 valence electrons. The van der Waals surface area contributed by atoms with E-state index in [1.165, 1.54) is 51.4 Å². The van der Waals surface area contributed by atoms with Gasteiger partial charge in [0.15, 0.2) is 0 Å². The first-order valence-electron chi connectivity index (χ1n) is 7.77. The van der Waals surface area contributed by atoms with Gasteiger partial charge in [0.2, 0.25) is 0 Å². The van der Waals surface area contributed by atoms with Gasteiger partial charge in [0.25, 0.3) is 0 Å². The molecule has 0 radical (unpaired) electrons. The van der Waals surface area contributed by atoms with Gasteiger partial charge in [-0.3, -0.25) is 0 Å². The van der Waals surface area contributed by atoms with Crippen LogP contribution in [0.25, 0.3) is 0 Å². The Morgan fingerprint density at radius 2 is 0.882 bits per heavy atom. The number of thioether (sulfide) groups is 1. The van der Waals surface area contributed by atoms with Crippen LogP contribution in [0.3, 0.4) is 0 Å². The Kier molecular flexibility index (Phi) is 8.63. The van der Waals surface area contributed by atoms with Crippen molar-refractivity contribution < 1.29 is 0 Å². The quantitative estimate of drug-likeness (QED) is 0.434. The smallest absolute Gasteiger partial charge is 0.0160 e. The zero-order chi connectivity index (χ0) is 13.4. The third-order valence-electron chi connectivity index (χ3n) is 4.42. The molecule has 0 aliphatic carbocycles. The zero-order valence-electron chi connectivity index (χ0n) is 13.1. The lowest BCUT2D eigenvalue weighted by molar-refractivity contribution is 0.457. The van der Waals surface area contributed by atoms with Gasteiger partial charge in [0.05, 0.1) is 0 Å². The van der Waals surface area contributed by atoms with E-state index in [0.29, 0.717) is 9.49 Å². The van der Waals surface area contributed by atoms with Gasteiger partial charge in [-0.25, -0.2) is 0 Å². The second kappa shape index (κ2) is 8.45. The van der Waals surface area contributed by atoms with Crippen molar-refractivity contribution in [1.82, 2.24) is 0 Å². The molecule has 0 saturated carbocycles. The summed E-state index contributed by atoms with van der Waals surface area (Å²) < 4.78 is 1.08. The van der Waals surface area contributed by atoms with E-state index in [2.05, 4.69) is 53.3 Å². The van der Waals surface area contributed by atoms with Gasteiger partial charge in [-0.15, -0.1) is 11.8 Å². The fourth-order valence-electron chi connectivity index (χ4n) is 2.97. The van der Waals surface area contributed by atoms with Gasteiger partial charge in [-0.05, 0) is 38.5 Å². The summed E-state index contributed by atoms with van der Waals surface area (Å²) in [5.74, 6) is 0. The van der Waals surface area contributed by atoms with Crippen LogP contribution in [0.15, 0.2) is 0 Å². The van der Waals surface area contributed by atoms with Crippen molar-refractivity contribution in [1.29, 1.82) is 0 Å². The van der Waals surface area contributed by atoms with Gasteiger partial charge in [-0.1, -0.05) is 54.4 Å². The molecule has 0 saturated heterocycles. The Morgan fingerprint density at radius 1 is 0.588 bits per heavy atom. The largest absolute Gasteiger partial charge is 0.148 e. The molecule has 0 aliphatic rings. The molecule has 0 rings (SSSR count). The Morgan fingerprint density at radius 3 is 1.06 bits per heavy atom.